The van der Waals surface area contributed by atoms with Gasteiger partial charge in [0.1, 0.15) is 0 Å². The summed E-state index contributed by atoms with van der Waals surface area (Å²) in [6.07, 6.45) is 2.25. The number of ether oxygens (including phenoxy) is 1. The van der Waals surface area contributed by atoms with E-state index < -0.39 is 0 Å². The van der Waals surface area contributed by atoms with Crippen LogP contribution in [-0.2, 0) is 0 Å². The van der Waals surface area contributed by atoms with E-state index in [1.807, 2.05) is 14.1 Å². The molecular formula is C13H17N7O2. The number of aromatic amines is 1. The normalized spacial score (nSPS) is 14.2. The molecular weight excluding hydrogens is 286 g/mol. The molecule has 0 radical (unpaired) electrons. The Kier molecular flexibility index (Phi) is 3.86. The van der Waals surface area contributed by atoms with E-state index in [1.54, 1.807) is 4.90 Å². The van der Waals surface area contributed by atoms with Crippen molar-refractivity contribution in [2.24, 2.45) is 0 Å². The minimum Gasteiger partial charge on any atom is -0.403 e. The van der Waals surface area contributed by atoms with Gasteiger partial charge in [-0.1, -0.05) is 0 Å². The second-order valence-corrected chi connectivity index (χ2v) is 5.17. The SMILES string of the molecule is CN(C)c1nc(Oc2ccc(=O)[nH]n2)nc(N2CCCC2)n1. The number of H-pyrrole nitrogens is 1. The summed E-state index contributed by atoms with van der Waals surface area (Å²) < 4.78 is 5.53. The van der Waals surface area contributed by atoms with Crippen molar-refractivity contribution in [2.45, 2.75) is 12.8 Å². The maximum atomic E-state index is 11.0. The smallest absolute Gasteiger partial charge is 0.330 e. The molecule has 0 unspecified atom stereocenters. The van der Waals surface area contributed by atoms with E-state index in [1.165, 1.54) is 12.1 Å². The fourth-order valence-corrected chi connectivity index (χ4v) is 2.12. The van der Waals surface area contributed by atoms with Crippen LogP contribution >= 0.6 is 0 Å². The van der Waals surface area contributed by atoms with Gasteiger partial charge in [-0.3, -0.25) is 4.79 Å². The maximum absolute atomic E-state index is 11.0. The lowest BCUT2D eigenvalue weighted by molar-refractivity contribution is 0.416. The van der Waals surface area contributed by atoms with Crippen LogP contribution in [0.25, 0.3) is 0 Å². The van der Waals surface area contributed by atoms with Crippen molar-refractivity contribution in [3.8, 4) is 11.9 Å². The largest absolute Gasteiger partial charge is 0.403 e. The molecule has 1 saturated heterocycles. The average molecular weight is 303 g/mol. The first-order chi connectivity index (χ1) is 10.6. The van der Waals surface area contributed by atoms with Gasteiger partial charge < -0.3 is 14.5 Å². The molecule has 0 bridgehead atoms. The third kappa shape index (κ3) is 3.13. The van der Waals surface area contributed by atoms with Crippen LogP contribution in [0.5, 0.6) is 11.9 Å². The third-order valence-corrected chi connectivity index (χ3v) is 3.23. The fourth-order valence-electron chi connectivity index (χ4n) is 2.12. The van der Waals surface area contributed by atoms with E-state index in [9.17, 15) is 4.79 Å². The molecule has 0 spiro atoms. The average Bonchev–Trinajstić information content (AvgIpc) is 3.04. The standard InChI is InChI=1S/C13H17N7O2/c1-19(2)11-14-12(20-7-3-4-8-20)16-13(15-11)22-10-6-5-9(21)17-18-10/h5-6H,3-4,7-8H2,1-2H3,(H,17,21). The predicted molar refractivity (Wildman–Crippen MR) is 80.5 cm³/mol. The Morgan fingerprint density at radius 1 is 1.18 bits per heavy atom. The van der Waals surface area contributed by atoms with Crippen molar-refractivity contribution >= 4 is 11.9 Å². The number of hydrogen-bond acceptors (Lipinski definition) is 8. The summed E-state index contributed by atoms with van der Waals surface area (Å²) in [7, 11) is 3.70. The number of rotatable bonds is 4. The van der Waals surface area contributed by atoms with Crippen LogP contribution < -0.4 is 20.1 Å². The van der Waals surface area contributed by atoms with Gasteiger partial charge in [-0.25, -0.2) is 5.10 Å². The second kappa shape index (κ2) is 5.96. The summed E-state index contributed by atoms with van der Waals surface area (Å²) in [4.78, 5) is 27.9. The Hall–Kier alpha value is -2.71. The van der Waals surface area contributed by atoms with Crippen molar-refractivity contribution in [3.05, 3.63) is 22.5 Å². The van der Waals surface area contributed by atoms with E-state index in [0.717, 1.165) is 25.9 Å². The quantitative estimate of drug-likeness (QED) is 0.867. The first-order valence-corrected chi connectivity index (χ1v) is 7.04. The van der Waals surface area contributed by atoms with E-state index >= 15 is 0 Å². The summed E-state index contributed by atoms with van der Waals surface area (Å²) in [5, 5.41) is 6.09. The van der Waals surface area contributed by atoms with Gasteiger partial charge in [0.05, 0.1) is 0 Å². The molecule has 116 valence electrons. The van der Waals surface area contributed by atoms with Crippen LogP contribution in [0.2, 0.25) is 0 Å². The molecule has 3 heterocycles. The summed E-state index contributed by atoms with van der Waals surface area (Å²) in [6, 6.07) is 2.95. The predicted octanol–water partition coefficient (Wildman–Crippen LogP) is 0.413. The van der Waals surface area contributed by atoms with Crippen molar-refractivity contribution < 1.29 is 4.74 Å². The number of hydrogen-bond donors (Lipinski definition) is 1. The zero-order valence-electron chi connectivity index (χ0n) is 12.5. The molecule has 1 N–H and O–H groups in total. The molecule has 2 aromatic rings. The topological polar surface area (TPSA) is 100 Å². The van der Waals surface area contributed by atoms with Gasteiger partial charge in [0, 0.05) is 39.3 Å². The zero-order chi connectivity index (χ0) is 15.5. The van der Waals surface area contributed by atoms with Crippen LogP contribution in [0, 0.1) is 0 Å². The Balaban J connectivity index is 1.91. The summed E-state index contributed by atoms with van der Waals surface area (Å²) in [5.41, 5.74) is -0.297. The molecule has 0 saturated carbocycles. The van der Waals surface area contributed by atoms with Gasteiger partial charge in [-0.2, -0.15) is 15.0 Å². The van der Waals surface area contributed by atoms with Gasteiger partial charge in [0.15, 0.2) is 0 Å². The Morgan fingerprint density at radius 2 is 1.95 bits per heavy atom. The van der Waals surface area contributed by atoms with Crippen LogP contribution in [0.4, 0.5) is 11.9 Å². The molecule has 1 aliphatic heterocycles. The van der Waals surface area contributed by atoms with E-state index in [4.69, 9.17) is 4.74 Å². The molecule has 9 heteroatoms. The summed E-state index contributed by atoms with van der Waals surface area (Å²) in [5.74, 6) is 1.33. The lowest BCUT2D eigenvalue weighted by atomic mass is 10.4. The van der Waals surface area contributed by atoms with Crippen LogP contribution in [0.15, 0.2) is 16.9 Å². The lowest BCUT2D eigenvalue weighted by Gasteiger charge is -2.18. The highest BCUT2D eigenvalue weighted by molar-refractivity contribution is 5.40. The zero-order valence-corrected chi connectivity index (χ0v) is 12.5. The molecule has 1 fully saturated rings. The Labute approximate surface area is 127 Å². The minimum atomic E-state index is -0.297. The highest BCUT2D eigenvalue weighted by atomic mass is 16.5. The molecule has 0 atom stereocenters. The van der Waals surface area contributed by atoms with E-state index in [2.05, 4.69) is 30.0 Å². The highest BCUT2D eigenvalue weighted by Crippen LogP contribution is 2.22. The van der Waals surface area contributed by atoms with Crippen molar-refractivity contribution in [2.75, 3.05) is 37.0 Å². The molecule has 3 rings (SSSR count). The molecule has 0 aliphatic carbocycles. The van der Waals surface area contributed by atoms with E-state index in [-0.39, 0.29) is 17.4 Å². The number of anilines is 2. The second-order valence-electron chi connectivity index (χ2n) is 5.17. The highest BCUT2D eigenvalue weighted by Gasteiger charge is 2.19. The minimum absolute atomic E-state index is 0.153. The van der Waals surface area contributed by atoms with Gasteiger partial charge in [0.2, 0.25) is 17.8 Å². The number of aromatic nitrogens is 5. The third-order valence-electron chi connectivity index (χ3n) is 3.23. The van der Waals surface area contributed by atoms with E-state index in [0.29, 0.717) is 11.9 Å². The molecule has 0 amide bonds. The Bertz CT molecular complexity index is 689. The molecule has 22 heavy (non-hydrogen) atoms. The van der Waals surface area contributed by atoms with Gasteiger partial charge in [-0.15, -0.1) is 5.10 Å². The molecule has 9 nitrogen and oxygen atoms in total. The summed E-state index contributed by atoms with van der Waals surface area (Å²) >= 11 is 0. The molecule has 0 aromatic carbocycles. The van der Waals surface area contributed by atoms with Crippen LogP contribution in [-0.4, -0.2) is 52.3 Å². The van der Waals surface area contributed by atoms with Gasteiger partial charge in [0.25, 0.3) is 5.56 Å². The molecule has 2 aromatic heterocycles. The maximum Gasteiger partial charge on any atom is 0.330 e. The van der Waals surface area contributed by atoms with Crippen LogP contribution in [0.3, 0.4) is 0 Å². The monoisotopic (exact) mass is 303 g/mol. The Morgan fingerprint density at radius 3 is 2.59 bits per heavy atom. The fraction of sp³-hybridized carbons (Fsp3) is 0.462. The van der Waals surface area contributed by atoms with Gasteiger partial charge >= 0.3 is 6.01 Å². The van der Waals surface area contributed by atoms with Crippen molar-refractivity contribution in [3.63, 3.8) is 0 Å². The molecule has 1 aliphatic rings. The van der Waals surface area contributed by atoms with Crippen molar-refractivity contribution in [1.82, 2.24) is 25.1 Å². The lowest BCUT2D eigenvalue weighted by Crippen LogP contribution is -2.23. The van der Waals surface area contributed by atoms with Crippen LogP contribution in [0.1, 0.15) is 12.8 Å². The van der Waals surface area contributed by atoms with Gasteiger partial charge in [-0.05, 0) is 12.8 Å². The van der Waals surface area contributed by atoms with Crippen molar-refractivity contribution in [1.29, 1.82) is 0 Å². The number of nitrogens with one attached hydrogen (secondary N) is 1. The summed E-state index contributed by atoms with van der Waals surface area (Å²) in [6.45, 7) is 1.85. The number of nitrogens with zero attached hydrogens (tertiary/aromatic N) is 6. The first-order valence-electron chi connectivity index (χ1n) is 7.04. The first kappa shape index (κ1) is 14.2.